The lowest BCUT2D eigenvalue weighted by Gasteiger charge is -2.28. The molecule has 9 heteroatoms. The fraction of sp³-hybridized carbons (Fsp3) is 0.500. The zero-order chi connectivity index (χ0) is 18.2. The highest BCUT2D eigenvalue weighted by atomic mass is 35.5. The van der Waals surface area contributed by atoms with Crippen molar-refractivity contribution in [1.82, 2.24) is 8.87 Å². The first-order valence-electron chi connectivity index (χ1n) is 8.12. The second-order valence-corrected chi connectivity index (χ2v) is 9.56. The zero-order valence-corrected chi connectivity index (χ0v) is 16.5. The van der Waals surface area contributed by atoms with Crippen molar-refractivity contribution >= 4 is 49.1 Å². The number of nitrogens with zero attached hydrogens (tertiary/aromatic N) is 3. The highest BCUT2D eigenvalue weighted by Gasteiger charge is 2.28. The maximum atomic E-state index is 12.6. The summed E-state index contributed by atoms with van der Waals surface area (Å²) in [6.45, 7) is 3.47. The average molecular weight is 402 g/mol. The van der Waals surface area contributed by atoms with Crippen molar-refractivity contribution in [3.8, 4) is 0 Å². The van der Waals surface area contributed by atoms with E-state index in [1.165, 1.54) is 21.9 Å². The number of fused-ring (bicyclic) bond motifs is 1. The van der Waals surface area contributed by atoms with E-state index < -0.39 is 10.0 Å². The molecule has 0 radical (unpaired) electrons. The summed E-state index contributed by atoms with van der Waals surface area (Å²) in [6, 6.07) is 5.64. The molecule has 2 heterocycles. The number of carbonyl (C=O) groups excluding carboxylic acids is 1. The van der Waals surface area contributed by atoms with Crippen LogP contribution in [0.4, 0.5) is 0 Å². The topological polar surface area (TPSA) is 71.7 Å². The lowest BCUT2D eigenvalue weighted by atomic mass is 9.98. The van der Waals surface area contributed by atoms with E-state index in [0.717, 1.165) is 10.2 Å². The molecule has 1 fully saturated rings. The maximum absolute atomic E-state index is 12.6. The second-order valence-electron chi connectivity index (χ2n) is 6.13. The van der Waals surface area contributed by atoms with Gasteiger partial charge in [-0.1, -0.05) is 22.9 Å². The van der Waals surface area contributed by atoms with E-state index in [4.69, 9.17) is 11.6 Å². The molecule has 1 aromatic heterocycles. The molecule has 0 bridgehead atoms. The van der Waals surface area contributed by atoms with Crippen LogP contribution < -0.4 is 4.80 Å². The van der Waals surface area contributed by atoms with E-state index in [1.54, 1.807) is 0 Å². The molecular formula is C16H20ClN3O3S2. The summed E-state index contributed by atoms with van der Waals surface area (Å²) in [7, 11) is -3.19. The van der Waals surface area contributed by atoms with Crippen molar-refractivity contribution in [3.05, 3.63) is 28.0 Å². The summed E-state index contributed by atoms with van der Waals surface area (Å²) < 4.78 is 27.6. The molecule has 136 valence electrons. The Morgan fingerprint density at radius 2 is 2.04 bits per heavy atom. The van der Waals surface area contributed by atoms with Gasteiger partial charge in [0.15, 0.2) is 4.80 Å². The van der Waals surface area contributed by atoms with Gasteiger partial charge in [0.05, 0.1) is 16.5 Å². The number of carbonyl (C=O) groups is 1. The number of rotatable bonds is 3. The lowest BCUT2D eigenvalue weighted by Crippen LogP contribution is -2.39. The van der Waals surface area contributed by atoms with Crippen molar-refractivity contribution in [1.29, 1.82) is 0 Å². The molecule has 6 nitrogen and oxygen atoms in total. The van der Waals surface area contributed by atoms with Gasteiger partial charge in [0, 0.05) is 30.6 Å². The van der Waals surface area contributed by atoms with Crippen LogP contribution in [0, 0.1) is 5.92 Å². The molecule has 1 saturated heterocycles. The van der Waals surface area contributed by atoms with Crippen molar-refractivity contribution in [2.75, 3.05) is 19.3 Å². The van der Waals surface area contributed by atoms with Gasteiger partial charge < -0.3 is 4.57 Å². The average Bonchev–Trinajstić information content (AvgIpc) is 2.90. The van der Waals surface area contributed by atoms with Gasteiger partial charge in [-0.2, -0.15) is 4.99 Å². The monoisotopic (exact) mass is 401 g/mol. The molecule has 0 spiro atoms. The van der Waals surface area contributed by atoms with E-state index in [2.05, 4.69) is 4.99 Å². The molecule has 1 aliphatic heterocycles. The highest BCUT2D eigenvalue weighted by molar-refractivity contribution is 7.88. The van der Waals surface area contributed by atoms with Gasteiger partial charge in [0.2, 0.25) is 10.0 Å². The summed E-state index contributed by atoms with van der Waals surface area (Å²) in [6.07, 6.45) is 2.22. The number of halogens is 1. The van der Waals surface area contributed by atoms with E-state index in [-0.39, 0.29) is 11.8 Å². The van der Waals surface area contributed by atoms with Gasteiger partial charge in [-0.05, 0) is 38.0 Å². The van der Waals surface area contributed by atoms with Crippen molar-refractivity contribution in [3.63, 3.8) is 0 Å². The van der Waals surface area contributed by atoms with E-state index >= 15 is 0 Å². The van der Waals surface area contributed by atoms with Crippen LogP contribution in [0.2, 0.25) is 5.02 Å². The largest absolute Gasteiger partial charge is 0.317 e. The molecule has 0 aliphatic carbocycles. The number of amides is 1. The Morgan fingerprint density at radius 3 is 2.64 bits per heavy atom. The molecular weight excluding hydrogens is 382 g/mol. The number of aryl methyl sites for hydroxylation is 1. The third-order valence-corrected chi connectivity index (χ3v) is 7.02. The Morgan fingerprint density at radius 1 is 1.36 bits per heavy atom. The van der Waals surface area contributed by atoms with Crippen molar-refractivity contribution in [2.24, 2.45) is 10.9 Å². The maximum Gasteiger partial charge on any atom is 0.251 e. The first-order valence-corrected chi connectivity index (χ1v) is 11.2. The predicted octanol–water partition coefficient (Wildman–Crippen LogP) is 2.48. The number of sulfonamides is 1. The van der Waals surface area contributed by atoms with Crippen LogP contribution >= 0.6 is 22.9 Å². The van der Waals surface area contributed by atoms with Crippen molar-refractivity contribution in [2.45, 2.75) is 26.3 Å². The van der Waals surface area contributed by atoms with Gasteiger partial charge >= 0.3 is 0 Å². The fourth-order valence-corrected chi connectivity index (χ4v) is 5.31. The van der Waals surface area contributed by atoms with Crippen LogP contribution in [0.25, 0.3) is 10.2 Å². The van der Waals surface area contributed by atoms with Gasteiger partial charge in [0.25, 0.3) is 5.91 Å². The molecule has 1 aliphatic rings. The number of hydrogen-bond donors (Lipinski definition) is 0. The molecule has 0 saturated carbocycles. The van der Waals surface area contributed by atoms with Crippen molar-refractivity contribution < 1.29 is 13.2 Å². The van der Waals surface area contributed by atoms with E-state index in [1.807, 2.05) is 29.7 Å². The summed E-state index contributed by atoms with van der Waals surface area (Å²) in [5, 5.41) is 0.656. The Hall–Kier alpha value is -1.22. The predicted molar refractivity (Wildman–Crippen MR) is 100 cm³/mol. The Kier molecular flexibility index (Phi) is 5.34. The number of hydrogen-bond acceptors (Lipinski definition) is 4. The second kappa shape index (κ2) is 7.19. The van der Waals surface area contributed by atoms with Crippen LogP contribution in [0.1, 0.15) is 19.8 Å². The Bertz CT molecular complexity index is 970. The highest BCUT2D eigenvalue weighted by Crippen LogP contribution is 2.23. The number of benzene rings is 1. The SMILES string of the molecule is CCn1c(=NC(=O)C2CCN(S(C)(=O)=O)CC2)sc2cc(Cl)ccc21. The minimum atomic E-state index is -3.19. The first-order chi connectivity index (χ1) is 11.8. The van der Waals surface area contributed by atoms with Gasteiger partial charge in [-0.15, -0.1) is 0 Å². The van der Waals surface area contributed by atoms with Crippen LogP contribution in [-0.4, -0.2) is 42.5 Å². The molecule has 25 heavy (non-hydrogen) atoms. The Labute approximate surface area is 155 Å². The smallest absolute Gasteiger partial charge is 0.251 e. The van der Waals surface area contributed by atoms with Gasteiger partial charge in [-0.3, -0.25) is 4.79 Å². The fourth-order valence-electron chi connectivity index (χ4n) is 3.06. The molecule has 1 amide bonds. The van der Waals surface area contributed by atoms with Crippen LogP contribution in [0.3, 0.4) is 0 Å². The minimum Gasteiger partial charge on any atom is -0.317 e. The Balaban J connectivity index is 1.86. The normalized spacial score (nSPS) is 18.1. The molecule has 0 unspecified atom stereocenters. The van der Waals surface area contributed by atoms with Crippen LogP contribution in [0.15, 0.2) is 23.2 Å². The summed E-state index contributed by atoms with van der Waals surface area (Å²) in [5.74, 6) is -0.398. The third kappa shape index (κ3) is 3.97. The van der Waals surface area contributed by atoms with Gasteiger partial charge in [0.1, 0.15) is 0 Å². The van der Waals surface area contributed by atoms with Gasteiger partial charge in [-0.25, -0.2) is 12.7 Å². The third-order valence-electron chi connectivity index (χ3n) is 4.44. The first kappa shape index (κ1) is 18.6. The standard InChI is InChI=1S/C16H20ClN3O3S2/c1-3-20-13-5-4-12(17)10-14(13)24-16(20)18-15(21)11-6-8-19(9-7-11)25(2,22)23/h4-5,10-11H,3,6-9H2,1-2H3. The number of piperidine rings is 1. The molecule has 2 aromatic rings. The minimum absolute atomic E-state index is 0.173. The van der Waals surface area contributed by atoms with E-state index in [0.29, 0.717) is 42.3 Å². The van der Waals surface area contributed by atoms with E-state index in [9.17, 15) is 13.2 Å². The lowest BCUT2D eigenvalue weighted by molar-refractivity contribution is -0.122. The zero-order valence-electron chi connectivity index (χ0n) is 14.1. The molecule has 1 aromatic carbocycles. The van der Waals surface area contributed by atoms with Crippen LogP contribution in [0.5, 0.6) is 0 Å². The molecule has 3 rings (SSSR count). The van der Waals surface area contributed by atoms with Crippen LogP contribution in [-0.2, 0) is 21.4 Å². The number of thiazole rings is 1. The summed E-state index contributed by atoms with van der Waals surface area (Å²) in [4.78, 5) is 17.6. The molecule has 0 atom stereocenters. The number of aromatic nitrogens is 1. The summed E-state index contributed by atoms with van der Waals surface area (Å²) in [5.41, 5.74) is 1.01. The quantitative estimate of drug-likeness (QED) is 0.793. The molecule has 0 N–H and O–H groups in total. The summed E-state index contributed by atoms with van der Waals surface area (Å²) >= 11 is 7.49.